The average molecular weight is 388 g/mol. The minimum atomic E-state index is -0.307. The van der Waals surface area contributed by atoms with Crippen LogP contribution in [-0.4, -0.2) is 25.0 Å². The van der Waals surface area contributed by atoms with E-state index in [1.54, 1.807) is 12.3 Å². The van der Waals surface area contributed by atoms with Gasteiger partial charge in [0.15, 0.2) is 0 Å². The van der Waals surface area contributed by atoms with Crippen LogP contribution in [0, 0.1) is 0 Å². The van der Waals surface area contributed by atoms with Crippen molar-refractivity contribution in [1.29, 1.82) is 0 Å². The van der Waals surface area contributed by atoms with Crippen molar-refractivity contribution in [2.45, 2.75) is 53.1 Å². The highest BCUT2D eigenvalue weighted by molar-refractivity contribution is 6.55. The molecule has 0 saturated heterocycles. The second-order valence-corrected chi connectivity index (χ2v) is 7.39. The van der Waals surface area contributed by atoms with Gasteiger partial charge in [0.05, 0.1) is 6.21 Å². The fourth-order valence-corrected chi connectivity index (χ4v) is 2.19. The van der Waals surface area contributed by atoms with E-state index >= 15 is 0 Å². The number of halogens is 2. The number of oxime groups is 1. The van der Waals surface area contributed by atoms with Crippen molar-refractivity contribution in [2.75, 3.05) is 13.2 Å². The van der Waals surface area contributed by atoms with Crippen LogP contribution >= 0.6 is 23.2 Å². The maximum atomic E-state index is 5.92. The third-order valence-corrected chi connectivity index (χ3v) is 3.48. The van der Waals surface area contributed by atoms with Crippen molar-refractivity contribution in [3.05, 3.63) is 33.8 Å². The zero-order valence-electron chi connectivity index (χ0n) is 15.6. The summed E-state index contributed by atoms with van der Waals surface area (Å²) < 4.78 is 11.8. The van der Waals surface area contributed by atoms with Gasteiger partial charge < -0.3 is 14.3 Å². The summed E-state index contributed by atoms with van der Waals surface area (Å²) in [6, 6.07) is 3.96. The molecule has 0 aliphatic heterocycles. The smallest absolute Gasteiger partial charge is 0.129 e. The van der Waals surface area contributed by atoms with Crippen LogP contribution in [-0.2, 0) is 17.7 Å². The summed E-state index contributed by atoms with van der Waals surface area (Å²) in [6.45, 7) is 10.7. The first-order chi connectivity index (χ1) is 11.8. The molecule has 0 N–H and O–H groups in total. The van der Waals surface area contributed by atoms with Crippen LogP contribution in [0.4, 0.5) is 0 Å². The molecule has 1 aromatic carbocycles. The maximum absolute atomic E-state index is 5.92. The highest BCUT2D eigenvalue weighted by atomic mass is 35.5. The highest BCUT2D eigenvalue weighted by Gasteiger charge is 2.12. The lowest BCUT2D eigenvalue weighted by atomic mass is 10.0. The van der Waals surface area contributed by atoms with E-state index in [0.29, 0.717) is 13.2 Å². The quantitative estimate of drug-likeness (QED) is 0.403. The molecule has 0 radical (unpaired) electrons. The SMILES string of the molecule is CCc1cc(OCC=C(Cl)Cl)cc(CC)c1OC/C=N/OC(C)(C)C. The Bertz CT molecular complexity index is 578. The summed E-state index contributed by atoms with van der Waals surface area (Å²) in [7, 11) is 0. The van der Waals surface area contributed by atoms with Crippen molar-refractivity contribution < 1.29 is 14.3 Å². The van der Waals surface area contributed by atoms with Crippen molar-refractivity contribution in [2.24, 2.45) is 5.16 Å². The summed E-state index contributed by atoms with van der Waals surface area (Å²) in [5.41, 5.74) is 1.86. The first-order valence-corrected chi connectivity index (χ1v) is 9.15. The van der Waals surface area contributed by atoms with Gasteiger partial charge in [0, 0.05) is 0 Å². The van der Waals surface area contributed by atoms with E-state index in [4.69, 9.17) is 37.5 Å². The van der Waals surface area contributed by atoms with Gasteiger partial charge in [0.2, 0.25) is 0 Å². The van der Waals surface area contributed by atoms with Crippen molar-refractivity contribution in [1.82, 2.24) is 0 Å². The number of hydrogen-bond acceptors (Lipinski definition) is 4. The third-order valence-electron chi connectivity index (χ3n) is 3.17. The Morgan fingerprint density at radius 1 is 1.04 bits per heavy atom. The molecule has 0 bridgehead atoms. The van der Waals surface area contributed by atoms with Gasteiger partial charge in [-0.1, -0.05) is 42.2 Å². The van der Waals surface area contributed by atoms with Crippen LogP contribution < -0.4 is 9.47 Å². The normalized spacial score (nSPS) is 11.5. The lowest BCUT2D eigenvalue weighted by Crippen LogP contribution is -2.16. The van der Waals surface area contributed by atoms with Crippen LogP contribution in [0.5, 0.6) is 11.5 Å². The molecule has 0 atom stereocenters. The van der Waals surface area contributed by atoms with Crippen LogP contribution in [0.1, 0.15) is 45.7 Å². The first-order valence-electron chi connectivity index (χ1n) is 8.39. The summed E-state index contributed by atoms with van der Waals surface area (Å²) in [4.78, 5) is 5.31. The summed E-state index contributed by atoms with van der Waals surface area (Å²) >= 11 is 11.2. The Labute approximate surface area is 160 Å². The summed E-state index contributed by atoms with van der Waals surface area (Å²) in [5.74, 6) is 1.65. The Morgan fingerprint density at radius 2 is 1.64 bits per heavy atom. The Morgan fingerprint density at radius 3 is 2.12 bits per heavy atom. The second-order valence-electron chi connectivity index (χ2n) is 6.39. The maximum Gasteiger partial charge on any atom is 0.129 e. The van der Waals surface area contributed by atoms with Crippen molar-refractivity contribution >= 4 is 29.4 Å². The number of nitrogens with zero attached hydrogens (tertiary/aromatic N) is 1. The molecular weight excluding hydrogens is 361 g/mol. The molecule has 4 nitrogen and oxygen atoms in total. The lowest BCUT2D eigenvalue weighted by molar-refractivity contribution is 0.00128. The fraction of sp³-hybridized carbons (Fsp3) is 0.526. The van der Waals surface area contributed by atoms with Crippen LogP contribution in [0.2, 0.25) is 0 Å². The zero-order chi connectivity index (χ0) is 18.9. The van der Waals surface area contributed by atoms with Crippen molar-refractivity contribution in [3.63, 3.8) is 0 Å². The molecule has 140 valence electrons. The molecule has 25 heavy (non-hydrogen) atoms. The van der Waals surface area contributed by atoms with E-state index < -0.39 is 0 Å². The van der Waals surface area contributed by atoms with E-state index in [0.717, 1.165) is 35.5 Å². The predicted octanol–water partition coefficient (Wildman–Crippen LogP) is 5.69. The topological polar surface area (TPSA) is 40.0 Å². The molecule has 1 aromatic rings. The Balaban J connectivity index is 2.82. The van der Waals surface area contributed by atoms with E-state index in [1.165, 1.54) is 0 Å². The standard InChI is InChI=1S/C19H27Cl2NO3/c1-6-14-12-16(23-10-8-17(20)21)13-15(7-2)18(14)24-11-9-22-25-19(3,4)5/h8-9,12-13H,6-7,10-11H2,1-5H3/b22-9+. The fourth-order valence-electron chi connectivity index (χ4n) is 2.06. The molecule has 0 heterocycles. The van der Waals surface area contributed by atoms with Crippen molar-refractivity contribution in [3.8, 4) is 11.5 Å². The number of ether oxygens (including phenoxy) is 2. The van der Waals surface area contributed by atoms with E-state index in [-0.39, 0.29) is 10.1 Å². The van der Waals surface area contributed by atoms with E-state index in [1.807, 2.05) is 32.9 Å². The van der Waals surface area contributed by atoms with Gasteiger partial charge in [-0.25, -0.2) is 0 Å². The third kappa shape index (κ3) is 8.50. The molecule has 0 aliphatic rings. The van der Waals surface area contributed by atoms with Crippen LogP contribution in [0.25, 0.3) is 0 Å². The molecule has 1 rings (SSSR count). The first kappa shape index (κ1) is 21.7. The monoisotopic (exact) mass is 387 g/mol. The molecule has 0 spiro atoms. The number of hydrogen-bond donors (Lipinski definition) is 0. The molecule has 0 aliphatic carbocycles. The lowest BCUT2D eigenvalue weighted by Gasteiger charge is -2.17. The number of aryl methyl sites for hydroxylation is 2. The number of benzene rings is 1. The van der Waals surface area contributed by atoms with Gasteiger partial charge in [0.25, 0.3) is 0 Å². The molecule has 0 amide bonds. The number of rotatable bonds is 9. The van der Waals surface area contributed by atoms with Gasteiger partial charge in [-0.15, -0.1) is 0 Å². The predicted molar refractivity (Wildman–Crippen MR) is 105 cm³/mol. The second kappa shape index (κ2) is 10.6. The van der Waals surface area contributed by atoms with E-state index in [2.05, 4.69) is 19.0 Å². The Hall–Kier alpha value is -1.39. The van der Waals surface area contributed by atoms with Gasteiger partial charge in [-0.3, -0.25) is 0 Å². The van der Waals surface area contributed by atoms with Gasteiger partial charge in [-0.2, -0.15) is 0 Å². The van der Waals surface area contributed by atoms with Gasteiger partial charge in [-0.05, 0) is 62.9 Å². The van der Waals surface area contributed by atoms with Gasteiger partial charge in [0.1, 0.15) is 34.8 Å². The van der Waals surface area contributed by atoms with E-state index in [9.17, 15) is 0 Å². The minimum absolute atomic E-state index is 0.197. The molecule has 0 unspecified atom stereocenters. The molecule has 0 saturated carbocycles. The summed E-state index contributed by atoms with van der Waals surface area (Å²) in [5, 5.41) is 3.94. The highest BCUT2D eigenvalue weighted by Crippen LogP contribution is 2.30. The van der Waals surface area contributed by atoms with Gasteiger partial charge >= 0.3 is 0 Å². The largest absolute Gasteiger partial charge is 0.489 e. The molecule has 6 heteroatoms. The minimum Gasteiger partial charge on any atom is -0.489 e. The summed E-state index contributed by atoms with van der Waals surface area (Å²) in [6.07, 6.45) is 4.90. The average Bonchev–Trinajstić information content (AvgIpc) is 2.53. The molecular formula is C19H27Cl2NO3. The van der Waals surface area contributed by atoms with Crippen LogP contribution in [0.3, 0.4) is 0 Å². The molecule has 0 aromatic heterocycles. The Kier molecular flexibility index (Phi) is 9.15. The zero-order valence-corrected chi connectivity index (χ0v) is 17.1. The molecule has 0 fully saturated rings. The van der Waals surface area contributed by atoms with Crippen LogP contribution in [0.15, 0.2) is 27.9 Å².